The number of nitrogens with one attached hydrogen (secondary N) is 1. The Labute approximate surface area is 190 Å². The number of methoxy groups -OCH3 is 1. The number of furan rings is 1. The largest absolute Gasteiger partial charge is 0.497 e. The Bertz CT molecular complexity index is 1210. The van der Waals surface area contributed by atoms with Crippen LogP contribution in [0.1, 0.15) is 27.4 Å². The summed E-state index contributed by atoms with van der Waals surface area (Å²) in [7, 11) is 1.63. The molecule has 2 aromatic carbocycles. The Balaban J connectivity index is 1.35. The third-order valence-electron chi connectivity index (χ3n) is 4.78. The summed E-state index contributed by atoms with van der Waals surface area (Å²) in [5, 5.41) is 7.61. The lowest BCUT2D eigenvalue weighted by Crippen LogP contribution is -2.10. The molecule has 2 aromatic heterocycles. The zero-order chi connectivity index (χ0) is 22.5. The molecule has 0 saturated heterocycles. The molecule has 0 radical (unpaired) electrons. The quantitative estimate of drug-likeness (QED) is 0.392. The average Bonchev–Trinajstić information content (AvgIpc) is 3.43. The molecule has 32 heavy (non-hydrogen) atoms. The predicted octanol–water partition coefficient (Wildman–Crippen LogP) is 5.33. The lowest BCUT2D eigenvalue weighted by molar-refractivity contribution is 0.0992. The number of benzene rings is 2. The second-order valence-electron chi connectivity index (χ2n) is 7.17. The standard InChI is InChI=1S/C24H22ClN3O4/c1-16-5-3-8-21(25)23(16)31-15-20-9-10-22(32-20)24(29)27-18-12-26-28(14-18)13-17-6-4-7-19(11-17)30-2/h3-12,14H,13,15H2,1-2H3,(H,27,29). The van der Waals surface area contributed by atoms with Gasteiger partial charge in [-0.05, 0) is 48.4 Å². The molecule has 0 aliphatic carbocycles. The minimum atomic E-state index is -0.369. The average molecular weight is 452 g/mol. The number of anilines is 1. The Morgan fingerprint density at radius 2 is 2.03 bits per heavy atom. The van der Waals surface area contributed by atoms with Crippen LogP contribution in [0.25, 0.3) is 0 Å². The predicted molar refractivity (Wildman–Crippen MR) is 122 cm³/mol. The number of para-hydroxylation sites is 1. The Kier molecular flexibility index (Phi) is 6.47. The zero-order valence-corrected chi connectivity index (χ0v) is 18.4. The van der Waals surface area contributed by atoms with Crippen LogP contribution in [0.15, 0.2) is 71.4 Å². The van der Waals surface area contributed by atoms with Crippen molar-refractivity contribution < 1.29 is 18.7 Å². The van der Waals surface area contributed by atoms with Crippen LogP contribution >= 0.6 is 11.6 Å². The second-order valence-corrected chi connectivity index (χ2v) is 7.58. The first kappa shape index (κ1) is 21.5. The number of nitrogens with zero attached hydrogens (tertiary/aromatic N) is 2. The van der Waals surface area contributed by atoms with Gasteiger partial charge in [0.2, 0.25) is 0 Å². The zero-order valence-electron chi connectivity index (χ0n) is 17.7. The minimum Gasteiger partial charge on any atom is -0.497 e. The van der Waals surface area contributed by atoms with E-state index in [9.17, 15) is 4.79 Å². The molecule has 164 valence electrons. The van der Waals surface area contributed by atoms with Gasteiger partial charge in [0.15, 0.2) is 5.76 Å². The maximum atomic E-state index is 12.5. The highest BCUT2D eigenvalue weighted by atomic mass is 35.5. The van der Waals surface area contributed by atoms with Crippen LogP contribution in [0.4, 0.5) is 5.69 Å². The SMILES string of the molecule is COc1cccc(Cn2cc(NC(=O)c3ccc(COc4c(C)cccc4Cl)o3)cn2)c1. The number of aromatic nitrogens is 2. The highest BCUT2D eigenvalue weighted by Gasteiger charge is 2.14. The van der Waals surface area contributed by atoms with E-state index in [1.165, 1.54) is 0 Å². The van der Waals surface area contributed by atoms with Crippen LogP contribution in [-0.2, 0) is 13.2 Å². The van der Waals surface area contributed by atoms with Crippen molar-refractivity contribution in [1.29, 1.82) is 0 Å². The van der Waals surface area contributed by atoms with Crippen LogP contribution in [0.2, 0.25) is 5.02 Å². The Morgan fingerprint density at radius 3 is 2.84 bits per heavy atom. The van der Waals surface area contributed by atoms with E-state index in [2.05, 4.69) is 10.4 Å². The lowest BCUT2D eigenvalue weighted by atomic mass is 10.2. The lowest BCUT2D eigenvalue weighted by Gasteiger charge is -2.09. The van der Waals surface area contributed by atoms with Crippen LogP contribution in [-0.4, -0.2) is 22.8 Å². The number of carbonyl (C=O) groups excluding carboxylic acids is 1. The number of carbonyl (C=O) groups is 1. The molecule has 0 spiro atoms. The van der Waals surface area contributed by atoms with Gasteiger partial charge in [0, 0.05) is 6.20 Å². The third-order valence-corrected chi connectivity index (χ3v) is 5.08. The molecule has 1 amide bonds. The maximum Gasteiger partial charge on any atom is 0.291 e. The van der Waals surface area contributed by atoms with Gasteiger partial charge in [-0.25, -0.2) is 0 Å². The number of ether oxygens (including phenoxy) is 2. The monoisotopic (exact) mass is 451 g/mol. The van der Waals surface area contributed by atoms with Crippen LogP contribution in [0.5, 0.6) is 11.5 Å². The van der Waals surface area contributed by atoms with Crippen molar-refractivity contribution in [1.82, 2.24) is 9.78 Å². The molecule has 8 heteroatoms. The van der Waals surface area contributed by atoms with Crippen molar-refractivity contribution in [3.63, 3.8) is 0 Å². The van der Waals surface area contributed by atoms with Crippen LogP contribution < -0.4 is 14.8 Å². The highest BCUT2D eigenvalue weighted by Crippen LogP contribution is 2.29. The third kappa shape index (κ3) is 5.12. The van der Waals surface area contributed by atoms with Gasteiger partial charge in [-0.15, -0.1) is 0 Å². The van der Waals surface area contributed by atoms with Crippen molar-refractivity contribution in [3.05, 3.63) is 94.7 Å². The highest BCUT2D eigenvalue weighted by molar-refractivity contribution is 6.32. The van der Waals surface area contributed by atoms with Gasteiger partial charge in [0.05, 0.1) is 30.6 Å². The van der Waals surface area contributed by atoms with E-state index in [1.807, 2.05) is 43.3 Å². The second kappa shape index (κ2) is 9.62. The normalized spacial score (nSPS) is 10.7. The Morgan fingerprint density at radius 1 is 1.19 bits per heavy atom. The van der Waals surface area contributed by atoms with E-state index in [1.54, 1.807) is 42.4 Å². The molecular formula is C24H22ClN3O4. The topological polar surface area (TPSA) is 78.5 Å². The number of amides is 1. The van der Waals surface area contributed by atoms with Crippen molar-refractivity contribution >= 4 is 23.2 Å². The molecule has 0 atom stereocenters. The minimum absolute atomic E-state index is 0.163. The molecule has 4 rings (SSSR count). The molecular weight excluding hydrogens is 430 g/mol. The summed E-state index contributed by atoms with van der Waals surface area (Å²) in [6.07, 6.45) is 3.34. The first-order valence-electron chi connectivity index (χ1n) is 9.95. The number of hydrogen-bond donors (Lipinski definition) is 1. The van der Waals surface area contributed by atoms with E-state index in [0.29, 0.717) is 28.8 Å². The van der Waals surface area contributed by atoms with Gasteiger partial charge in [0.25, 0.3) is 5.91 Å². The molecule has 0 fully saturated rings. The smallest absolute Gasteiger partial charge is 0.291 e. The molecule has 7 nitrogen and oxygen atoms in total. The van der Waals surface area contributed by atoms with Crippen molar-refractivity contribution in [3.8, 4) is 11.5 Å². The van der Waals surface area contributed by atoms with Crippen molar-refractivity contribution in [2.24, 2.45) is 0 Å². The summed E-state index contributed by atoms with van der Waals surface area (Å²) in [6, 6.07) is 16.6. The molecule has 1 N–H and O–H groups in total. The molecule has 4 aromatic rings. The van der Waals surface area contributed by atoms with Crippen LogP contribution in [0, 0.1) is 6.92 Å². The van der Waals surface area contributed by atoms with Gasteiger partial charge < -0.3 is 19.2 Å². The van der Waals surface area contributed by atoms with Crippen molar-refractivity contribution in [2.45, 2.75) is 20.1 Å². The molecule has 0 saturated carbocycles. The van der Waals surface area contributed by atoms with E-state index in [0.717, 1.165) is 16.9 Å². The van der Waals surface area contributed by atoms with Gasteiger partial charge in [-0.2, -0.15) is 5.10 Å². The fourth-order valence-corrected chi connectivity index (χ4v) is 3.46. The molecule has 0 aliphatic heterocycles. The van der Waals surface area contributed by atoms with E-state index >= 15 is 0 Å². The summed E-state index contributed by atoms with van der Waals surface area (Å²) in [5.41, 5.74) is 2.53. The van der Waals surface area contributed by atoms with Gasteiger partial charge >= 0.3 is 0 Å². The van der Waals surface area contributed by atoms with Crippen LogP contribution in [0.3, 0.4) is 0 Å². The van der Waals surface area contributed by atoms with E-state index < -0.39 is 0 Å². The fourth-order valence-electron chi connectivity index (χ4n) is 3.19. The summed E-state index contributed by atoms with van der Waals surface area (Å²) in [6.45, 7) is 2.63. The first-order valence-corrected chi connectivity index (χ1v) is 10.3. The molecule has 0 bridgehead atoms. The number of hydrogen-bond acceptors (Lipinski definition) is 5. The van der Waals surface area contributed by atoms with E-state index in [-0.39, 0.29) is 18.3 Å². The van der Waals surface area contributed by atoms with E-state index in [4.69, 9.17) is 25.5 Å². The first-order chi connectivity index (χ1) is 15.5. The number of aryl methyl sites for hydroxylation is 1. The van der Waals surface area contributed by atoms with Gasteiger partial charge in [-0.1, -0.05) is 35.9 Å². The summed E-state index contributed by atoms with van der Waals surface area (Å²) >= 11 is 6.18. The maximum absolute atomic E-state index is 12.5. The summed E-state index contributed by atoms with van der Waals surface area (Å²) < 4.78 is 18.4. The molecule has 0 unspecified atom stereocenters. The molecule has 2 heterocycles. The number of halogens is 1. The fraction of sp³-hybridized carbons (Fsp3) is 0.167. The van der Waals surface area contributed by atoms with Gasteiger partial charge in [-0.3, -0.25) is 9.48 Å². The van der Waals surface area contributed by atoms with Gasteiger partial charge in [0.1, 0.15) is 23.9 Å². The molecule has 0 aliphatic rings. The number of rotatable bonds is 8. The summed E-state index contributed by atoms with van der Waals surface area (Å²) in [5.74, 6) is 1.71. The van der Waals surface area contributed by atoms with Crippen molar-refractivity contribution in [2.75, 3.05) is 12.4 Å². The Hall–Kier alpha value is -3.71. The summed E-state index contributed by atoms with van der Waals surface area (Å²) in [4.78, 5) is 12.5.